The van der Waals surface area contributed by atoms with Crippen molar-refractivity contribution in [3.8, 4) is 5.75 Å². The predicted octanol–water partition coefficient (Wildman–Crippen LogP) is 6.90. The fourth-order valence-electron chi connectivity index (χ4n) is 2.84. The van der Waals surface area contributed by atoms with Crippen LogP contribution in [0.2, 0.25) is 15.1 Å². The van der Waals surface area contributed by atoms with Crippen molar-refractivity contribution in [1.29, 1.82) is 0 Å². The van der Waals surface area contributed by atoms with Gasteiger partial charge in [0.25, 0.3) is 5.91 Å². The van der Waals surface area contributed by atoms with Crippen LogP contribution in [0.5, 0.6) is 5.75 Å². The fourth-order valence-corrected chi connectivity index (χ4v) is 4.31. The quantitative estimate of drug-likeness (QED) is 0.240. The smallest absolute Gasteiger partial charge is 0.277 e. The Morgan fingerprint density at radius 1 is 0.970 bits per heavy atom. The lowest BCUT2D eigenvalue weighted by Gasteiger charge is -2.08. The molecule has 170 valence electrons. The van der Waals surface area contributed by atoms with E-state index in [1.54, 1.807) is 47.4 Å². The molecule has 1 amide bonds. The van der Waals surface area contributed by atoms with Crippen LogP contribution in [-0.4, -0.2) is 25.5 Å². The highest BCUT2D eigenvalue weighted by Gasteiger charge is 2.15. The highest BCUT2D eigenvalue weighted by molar-refractivity contribution is 9.10. The lowest BCUT2D eigenvalue weighted by molar-refractivity contribution is 0.101. The zero-order valence-corrected chi connectivity index (χ0v) is 22.0. The maximum atomic E-state index is 12.6. The molecule has 0 atom stereocenters. The zero-order chi connectivity index (χ0) is 23.5. The zero-order valence-electron chi connectivity index (χ0n) is 16.6. The van der Waals surface area contributed by atoms with E-state index in [0.717, 1.165) is 10.0 Å². The Kier molecular flexibility index (Phi) is 7.65. The van der Waals surface area contributed by atoms with Crippen LogP contribution in [0.4, 0.5) is 5.82 Å². The third-order valence-corrected chi connectivity index (χ3v) is 6.51. The van der Waals surface area contributed by atoms with E-state index in [9.17, 15) is 4.79 Å². The molecule has 0 bridgehead atoms. The van der Waals surface area contributed by atoms with E-state index < -0.39 is 5.91 Å². The van der Waals surface area contributed by atoms with Gasteiger partial charge in [-0.05, 0) is 57.9 Å². The molecule has 2 heterocycles. The van der Waals surface area contributed by atoms with Crippen LogP contribution in [0.15, 0.2) is 63.8 Å². The number of nitrogens with zero attached hydrogens (tertiary/aromatic N) is 4. The SMILES string of the molecule is O=C(Nc1nn(Cc2ccc(Cl)c(Cl)c2)cc1Br)c1ccn(COc2ccc(Br)cc2Cl)n1. The van der Waals surface area contributed by atoms with Crippen molar-refractivity contribution in [3.63, 3.8) is 0 Å². The largest absolute Gasteiger partial charge is 0.470 e. The standard InChI is InChI=1S/C21H14Br2Cl3N5O2/c22-13-2-4-19(17(26)8-13)33-11-30-6-5-18(28-30)21(32)27-20-14(23)10-31(29-20)9-12-1-3-15(24)16(25)7-12/h1-8,10H,9,11H2,(H,27,29,32). The Morgan fingerprint density at radius 2 is 1.79 bits per heavy atom. The minimum Gasteiger partial charge on any atom is -0.470 e. The summed E-state index contributed by atoms with van der Waals surface area (Å²) in [6, 6.07) is 12.2. The van der Waals surface area contributed by atoms with Crippen LogP contribution in [0, 0.1) is 0 Å². The van der Waals surface area contributed by atoms with Gasteiger partial charge < -0.3 is 10.1 Å². The van der Waals surface area contributed by atoms with E-state index in [1.165, 1.54) is 4.68 Å². The summed E-state index contributed by atoms with van der Waals surface area (Å²) in [5.74, 6) is 0.473. The highest BCUT2D eigenvalue weighted by Crippen LogP contribution is 2.28. The Hall–Kier alpha value is -2.04. The van der Waals surface area contributed by atoms with Crippen molar-refractivity contribution in [1.82, 2.24) is 19.6 Å². The molecule has 12 heteroatoms. The van der Waals surface area contributed by atoms with Crippen molar-refractivity contribution < 1.29 is 9.53 Å². The highest BCUT2D eigenvalue weighted by atomic mass is 79.9. The molecule has 1 N–H and O–H groups in total. The number of hydrogen-bond donors (Lipinski definition) is 1. The van der Waals surface area contributed by atoms with Crippen LogP contribution in [-0.2, 0) is 13.3 Å². The van der Waals surface area contributed by atoms with Crippen molar-refractivity contribution >= 4 is 78.4 Å². The number of anilines is 1. The minimum atomic E-state index is -0.407. The Bertz CT molecular complexity index is 1330. The maximum absolute atomic E-state index is 12.6. The molecule has 0 aliphatic rings. The summed E-state index contributed by atoms with van der Waals surface area (Å²) in [4.78, 5) is 12.6. The summed E-state index contributed by atoms with van der Waals surface area (Å²) < 4.78 is 10.3. The summed E-state index contributed by atoms with van der Waals surface area (Å²) in [7, 11) is 0. The van der Waals surface area contributed by atoms with Gasteiger partial charge in [-0.1, -0.05) is 56.8 Å². The number of nitrogens with one attached hydrogen (secondary N) is 1. The number of aromatic nitrogens is 4. The number of hydrogen-bond acceptors (Lipinski definition) is 4. The Labute approximate surface area is 220 Å². The van der Waals surface area contributed by atoms with Gasteiger partial charge in [0, 0.05) is 16.9 Å². The average molecular weight is 635 g/mol. The summed E-state index contributed by atoms with van der Waals surface area (Å²) in [5.41, 5.74) is 1.13. The molecule has 0 saturated carbocycles. The first-order chi connectivity index (χ1) is 15.8. The molecule has 0 unspecified atom stereocenters. The number of carbonyl (C=O) groups is 1. The number of benzene rings is 2. The van der Waals surface area contributed by atoms with Crippen LogP contribution in [0.1, 0.15) is 16.1 Å². The van der Waals surface area contributed by atoms with E-state index in [4.69, 9.17) is 39.5 Å². The molecule has 0 saturated heterocycles. The first kappa shape index (κ1) is 24.1. The second-order valence-electron chi connectivity index (χ2n) is 6.81. The number of halogens is 5. The maximum Gasteiger partial charge on any atom is 0.277 e. The summed E-state index contributed by atoms with van der Waals surface area (Å²) >= 11 is 24.9. The molecule has 0 aliphatic carbocycles. The van der Waals surface area contributed by atoms with Gasteiger partial charge in [0.05, 0.1) is 26.1 Å². The number of rotatable bonds is 7. The van der Waals surface area contributed by atoms with Gasteiger partial charge in [-0.3, -0.25) is 9.48 Å². The van der Waals surface area contributed by atoms with Gasteiger partial charge in [-0.2, -0.15) is 10.2 Å². The third-order valence-electron chi connectivity index (χ3n) is 4.40. The Morgan fingerprint density at radius 3 is 2.55 bits per heavy atom. The molecule has 0 radical (unpaired) electrons. The molecule has 2 aromatic heterocycles. The van der Waals surface area contributed by atoms with E-state index in [2.05, 4.69) is 47.4 Å². The lowest BCUT2D eigenvalue weighted by atomic mass is 10.2. The number of ether oxygens (including phenoxy) is 1. The van der Waals surface area contributed by atoms with Crippen LogP contribution in [0.25, 0.3) is 0 Å². The normalized spacial score (nSPS) is 10.9. The topological polar surface area (TPSA) is 74.0 Å². The molecule has 4 rings (SSSR count). The summed E-state index contributed by atoms with van der Waals surface area (Å²) in [6.45, 7) is 0.548. The van der Waals surface area contributed by atoms with E-state index in [1.807, 2.05) is 12.1 Å². The molecule has 0 fully saturated rings. The third kappa shape index (κ3) is 6.10. The van der Waals surface area contributed by atoms with Crippen LogP contribution < -0.4 is 10.1 Å². The molecule has 4 aromatic rings. The monoisotopic (exact) mass is 631 g/mol. The Balaban J connectivity index is 1.38. The van der Waals surface area contributed by atoms with Gasteiger partial charge in [-0.15, -0.1) is 0 Å². The first-order valence-electron chi connectivity index (χ1n) is 9.38. The first-order valence-corrected chi connectivity index (χ1v) is 12.1. The molecular formula is C21H14Br2Cl3N5O2. The molecular weight excluding hydrogens is 620 g/mol. The van der Waals surface area contributed by atoms with Crippen molar-refractivity contribution in [2.75, 3.05) is 5.32 Å². The van der Waals surface area contributed by atoms with Gasteiger partial charge in [0.15, 0.2) is 18.2 Å². The van der Waals surface area contributed by atoms with Gasteiger partial charge in [0.1, 0.15) is 5.75 Å². The minimum absolute atomic E-state index is 0.0939. The van der Waals surface area contributed by atoms with Crippen molar-refractivity contribution in [2.24, 2.45) is 0 Å². The molecule has 33 heavy (non-hydrogen) atoms. The van der Waals surface area contributed by atoms with E-state index in [-0.39, 0.29) is 12.4 Å². The fraction of sp³-hybridized carbons (Fsp3) is 0.0952. The van der Waals surface area contributed by atoms with Crippen LogP contribution >= 0.6 is 66.7 Å². The molecule has 2 aromatic carbocycles. The van der Waals surface area contributed by atoms with Gasteiger partial charge >= 0.3 is 0 Å². The summed E-state index contributed by atoms with van der Waals surface area (Å²) in [5, 5.41) is 12.8. The summed E-state index contributed by atoms with van der Waals surface area (Å²) in [6.07, 6.45) is 3.39. The average Bonchev–Trinajstić information content (AvgIpc) is 3.37. The predicted molar refractivity (Wildman–Crippen MR) is 135 cm³/mol. The number of carbonyl (C=O) groups excluding carboxylic acids is 1. The molecule has 0 aliphatic heterocycles. The second kappa shape index (κ2) is 10.5. The molecule has 0 spiro atoms. The van der Waals surface area contributed by atoms with Crippen LogP contribution in [0.3, 0.4) is 0 Å². The second-order valence-corrected chi connectivity index (χ2v) is 9.81. The van der Waals surface area contributed by atoms with Gasteiger partial charge in [-0.25, -0.2) is 4.68 Å². The number of amides is 1. The van der Waals surface area contributed by atoms with E-state index in [0.29, 0.717) is 37.7 Å². The van der Waals surface area contributed by atoms with Gasteiger partial charge in [0.2, 0.25) is 0 Å². The lowest BCUT2D eigenvalue weighted by Crippen LogP contribution is -2.15. The van der Waals surface area contributed by atoms with Crippen molar-refractivity contribution in [3.05, 3.63) is 90.1 Å². The van der Waals surface area contributed by atoms with Crippen molar-refractivity contribution in [2.45, 2.75) is 13.3 Å². The van der Waals surface area contributed by atoms with E-state index >= 15 is 0 Å². The molecule has 7 nitrogen and oxygen atoms in total.